The van der Waals surface area contributed by atoms with Crippen LogP contribution in [0.1, 0.15) is 10.5 Å². The maximum Gasteiger partial charge on any atom is 0.354 e. The SMILES string of the molecule is CSc1nnc(Sc2cccc(C(=O)O)n2)s1. The summed E-state index contributed by atoms with van der Waals surface area (Å²) in [4.78, 5) is 14.8. The molecule has 0 aliphatic rings. The number of thioether (sulfide) groups is 1. The van der Waals surface area contributed by atoms with Crippen LogP contribution in [0.3, 0.4) is 0 Å². The number of carbonyl (C=O) groups is 1. The third-order valence-corrected chi connectivity index (χ3v) is 4.58. The number of hydrogen-bond donors (Lipinski definition) is 1. The fourth-order valence-electron chi connectivity index (χ4n) is 1.00. The van der Waals surface area contributed by atoms with Gasteiger partial charge in [0.1, 0.15) is 10.7 Å². The summed E-state index contributed by atoms with van der Waals surface area (Å²) in [5.41, 5.74) is 0.0320. The highest BCUT2D eigenvalue weighted by molar-refractivity contribution is 8.02. The standard InChI is InChI=1S/C9H7N3O2S3/c1-15-8-11-12-9(17-8)16-6-4-2-3-5(10-6)7(13)14/h2-4H,1H3,(H,13,14). The van der Waals surface area contributed by atoms with Crippen LogP contribution in [-0.2, 0) is 0 Å². The van der Waals surface area contributed by atoms with E-state index in [4.69, 9.17) is 5.11 Å². The minimum absolute atomic E-state index is 0.0320. The molecular formula is C9H7N3O2S3. The Balaban J connectivity index is 2.18. The maximum atomic E-state index is 10.8. The van der Waals surface area contributed by atoms with Crippen LogP contribution in [0, 0.1) is 0 Å². The Kier molecular flexibility index (Phi) is 3.97. The average Bonchev–Trinajstić information content (AvgIpc) is 2.77. The van der Waals surface area contributed by atoms with E-state index in [1.54, 1.807) is 12.1 Å². The molecule has 0 spiro atoms. The van der Waals surface area contributed by atoms with Crippen molar-refractivity contribution in [1.82, 2.24) is 15.2 Å². The molecule has 0 amide bonds. The first kappa shape index (κ1) is 12.3. The Bertz CT molecular complexity index is 544. The highest BCUT2D eigenvalue weighted by Crippen LogP contribution is 2.31. The van der Waals surface area contributed by atoms with Gasteiger partial charge in [0, 0.05) is 0 Å². The van der Waals surface area contributed by atoms with E-state index in [9.17, 15) is 4.79 Å². The van der Waals surface area contributed by atoms with E-state index in [1.165, 1.54) is 40.9 Å². The molecule has 0 fully saturated rings. The topological polar surface area (TPSA) is 76.0 Å². The van der Waals surface area contributed by atoms with Gasteiger partial charge in [0.25, 0.3) is 0 Å². The van der Waals surface area contributed by atoms with Crippen molar-refractivity contribution >= 4 is 40.8 Å². The molecule has 2 aromatic rings. The molecule has 0 bridgehead atoms. The number of pyridine rings is 1. The first-order valence-corrected chi connectivity index (χ1v) is 7.30. The zero-order valence-electron chi connectivity index (χ0n) is 8.65. The number of aromatic carboxylic acids is 1. The quantitative estimate of drug-likeness (QED) is 0.865. The number of rotatable bonds is 4. The van der Waals surface area contributed by atoms with Crippen molar-refractivity contribution in [2.24, 2.45) is 0 Å². The highest BCUT2D eigenvalue weighted by atomic mass is 32.2. The average molecular weight is 285 g/mol. The Morgan fingerprint density at radius 2 is 2.12 bits per heavy atom. The summed E-state index contributed by atoms with van der Waals surface area (Å²) >= 11 is 4.30. The van der Waals surface area contributed by atoms with Crippen LogP contribution in [0.2, 0.25) is 0 Å². The Morgan fingerprint density at radius 1 is 1.35 bits per heavy atom. The first-order valence-electron chi connectivity index (χ1n) is 4.45. The van der Waals surface area contributed by atoms with E-state index in [1.807, 2.05) is 6.26 Å². The fraction of sp³-hybridized carbons (Fsp3) is 0.111. The van der Waals surface area contributed by atoms with Gasteiger partial charge in [-0.15, -0.1) is 10.2 Å². The molecule has 8 heteroatoms. The molecule has 2 aromatic heterocycles. The molecule has 0 aliphatic heterocycles. The predicted molar refractivity (Wildman–Crippen MR) is 67.0 cm³/mol. The van der Waals surface area contributed by atoms with Gasteiger partial charge < -0.3 is 5.11 Å². The van der Waals surface area contributed by atoms with Crippen molar-refractivity contribution in [2.45, 2.75) is 13.7 Å². The molecule has 5 nitrogen and oxygen atoms in total. The number of carboxylic acid groups (broad SMARTS) is 1. The fourth-order valence-corrected chi connectivity index (χ4v) is 3.38. The zero-order chi connectivity index (χ0) is 12.3. The lowest BCUT2D eigenvalue weighted by atomic mass is 10.4. The van der Waals surface area contributed by atoms with Crippen molar-refractivity contribution in [3.63, 3.8) is 0 Å². The molecule has 0 atom stereocenters. The van der Waals surface area contributed by atoms with E-state index in [-0.39, 0.29) is 5.69 Å². The molecule has 17 heavy (non-hydrogen) atoms. The predicted octanol–water partition coefficient (Wildman–Crippen LogP) is 2.50. The van der Waals surface area contributed by atoms with Gasteiger partial charge in [-0.1, -0.05) is 29.2 Å². The molecule has 88 valence electrons. The van der Waals surface area contributed by atoms with Gasteiger partial charge >= 0.3 is 5.97 Å². The second-order valence-corrected chi connectivity index (χ2v) is 6.10. The summed E-state index contributed by atoms with van der Waals surface area (Å²) in [6, 6.07) is 4.87. The molecule has 0 radical (unpaired) electrons. The Labute approximate surface area is 110 Å². The van der Waals surface area contributed by atoms with Crippen LogP contribution < -0.4 is 0 Å². The van der Waals surface area contributed by atoms with Crippen LogP contribution in [0.5, 0.6) is 0 Å². The normalized spacial score (nSPS) is 10.4. The molecular weight excluding hydrogens is 278 g/mol. The minimum Gasteiger partial charge on any atom is -0.477 e. The largest absolute Gasteiger partial charge is 0.477 e. The van der Waals surface area contributed by atoms with Crippen molar-refractivity contribution in [3.05, 3.63) is 23.9 Å². The van der Waals surface area contributed by atoms with Crippen LogP contribution in [0.25, 0.3) is 0 Å². The van der Waals surface area contributed by atoms with E-state index < -0.39 is 5.97 Å². The lowest BCUT2D eigenvalue weighted by Gasteiger charge is -1.97. The highest BCUT2D eigenvalue weighted by Gasteiger charge is 2.09. The molecule has 1 N–H and O–H groups in total. The third kappa shape index (κ3) is 3.18. The Morgan fingerprint density at radius 3 is 2.76 bits per heavy atom. The van der Waals surface area contributed by atoms with Crippen LogP contribution in [0.4, 0.5) is 0 Å². The second kappa shape index (κ2) is 5.48. The molecule has 0 saturated heterocycles. The lowest BCUT2D eigenvalue weighted by Crippen LogP contribution is -1.99. The summed E-state index contributed by atoms with van der Waals surface area (Å²) < 4.78 is 1.63. The molecule has 0 aromatic carbocycles. The maximum absolute atomic E-state index is 10.8. The summed E-state index contributed by atoms with van der Waals surface area (Å²) in [5, 5.41) is 17.4. The van der Waals surface area contributed by atoms with Gasteiger partial charge in [0.15, 0.2) is 8.68 Å². The van der Waals surface area contributed by atoms with Crippen molar-refractivity contribution < 1.29 is 9.90 Å². The summed E-state index contributed by atoms with van der Waals surface area (Å²) in [5.74, 6) is -1.03. The zero-order valence-corrected chi connectivity index (χ0v) is 11.1. The second-order valence-electron chi connectivity index (χ2n) is 2.81. The summed E-state index contributed by atoms with van der Waals surface area (Å²) in [6.07, 6.45) is 1.93. The van der Waals surface area contributed by atoms with E-state index in [2.05, 4.69) is 15.2 Å². The summed E-state index contributed by atoms with van der Waals surface area (Å²) in [7, 11) is 0. The first-order chi connectivity index (χ1) is 8.19. The minimum atomic E-state index is -1.03. The molecule has 2 rings (SSSR count). The van der Waals surface area contributed by atoms with Crippen molar-refractivity contribution in [1.29, 1.82) is 0 Å². The smallest absolute Gasteiger partial charge is 0.354 e. The van der Waals surface area contributed by atoms with E-state index in [0.29, 0.717) is 5.03 Å². The van der Waals surface area contributed by atoms with Crippen molar-refractivity contribution in [2.75, 3.05) is 6.26 Å². The summed E-state index contributed by atoms with van der Waals surface area (Å²) in [6.45, 7) is 0. The van der Waals surface area contributed by atoms with Crippen LogP contribution >= 0.6 is 34.9 Å². The number of carboxylic acids is 1. The Hall–Kier alpha value is -1.12. The van der Waals surface area contributed by atoms with Gasteiger partial charge in [-0.25, -0.2) is 9.78 Å². The molecule has 0 aliphatic carbocycles. The van der Waals surface area contributed by atoms with Crippen LogP contribution in [0.15, 0.2) is 31.9 Å². The number of aromatic nitrogens is 3. The van der Waals surface area contributed by atoms with Gasteiger partial charge in [0.2, 0.25) is 0 Å². The van der Waals surface area contributed by atoms with Gasteiger partial charge in [-0.05, 0) is 30.2 Å². The van der Waals surface area contributed by atoms with E-state index in [0.717, 1.165) is 8.68 Å². The van der Waals surface area contributed by atoms with Crippen LogP contribution in [-0.4, -0.2) is 32.5 Å². The number of hydrogen-bond acceptors (Lipinski definition) is 7. The lowest BCUT2D eigenvalue weighted by molar-refractivity contribution is 0.0689. The molecule has 0 saturated carbocycles. The van der Waals surface area contributed by atoms with Crippen molar-refractivity contribution in [3.8, 4) is 0 Å². The van der Waals surface area contributed by atoms with Gasteiger partial charge in [-0.2, -0.15) is 0 Å². The van der Waals surface area contributed by atoms with Gasteiger partial charge in [-0.3, -0.25) is 0 Å². The van der Waals surface area contributed by atoms with E-state index >= 15 is 0 Å². The third-order valence-electron chi connectivity index (χ3n) is 1.70. The molecule has 2 heterocycles. The van der Waals surface area contributed by atoms with Gasteiger partial charge in [0.05, 0.1) is 0 Å². The monoisotopic (exact) mass is 285 g/mol. The molecule has 0 unspecified atom stereocenters. The number of nitrogens with zero attached hydrogens (tertiary/aromatic N) is 3.